The molecule has 0 bridgehead atoms. The maximum absolute atomic E-state index is 11.0. The van der Waals surface area contributed by atoms with Gasteiger partial charge in [0, 0.05) is 11.8 Å². The van der Waals surface area contributed by atoms with Crippen LogP contribution in [0, 0.1) is 0 Å². The maximum Gasteiger partial charge on any atom is 0.130 e. The maximum atomic E-state index is 11.0. The highest BCUT2D eigenvalue weighted by Gasteiger charge is 2.05. The molecule has 0 aliphatic heterocycles. The summed E-state index contributed by atoms with van der Waals surface area (Å²) >= 11 is 3.45. The van der Waals surface area contributed by atoms with Crippen molar-refractivity contribution in [3.05, 3.63) is 40.5 Å². The number of carbonyl (C=O) groups is 1. The summed E-state index contributed by atoms with van der Waals surface area (Å²) in [4.78, 5) is 15.4. The third-order valence-electron chi connectivity index (χ3n) is 2.50. The second-order valence-corrected chi connectivity index (χ2v) is 4.58. The Morgan fingerprint density at radius 2 is 2.12 bits per heavy atom. The van der Waals surface area contributed by atoms with E-state index in [-0.39, 0.29) is 5.78 Å². The normalized spacial score (nSPS) is 10.6. The first-order chi connectivity index (χ1) is 7.66. The zero-order valence-electron chi connectivity index (χ0n) is 9.03. The minimum Gasteiger partial charge on any atom is -0.300 e. The largest absolute Gasteiger partial charge is 0.300 e. The number of aromatic nitrogens is 1. The third-order valence-corrected chi connectivity index (χ3v) is 3.18. The molecule has 0 fully saturated rings. The molecule has 2 nitrogen and oxygen atoms in total. The molecule has 82 valence electrons. The van der Waals surface area contributed by atoms with Crippen LogP contribution in [0.4, 0.5) is 0 Å². The zero-order chi connectivity index (χ0) is 11.5. The van der Waals surface area contributed by atoms with Gasteiger partial charge >= 0.3 is 0 Å². The van der Waals surface area contributed by atoms with E-state index in [1.165, 1.54) is 0 Å². The molecule has 1 aromatic carbocycles. The van der Waals surface area contributed by atoms with Crippen LogP contribution in [0.2, 0.25) is 0 Å². The van der Waals surface area contributed by atoms with Crippen molar-refractivity contribution in [2.24, 2.45) is 0 Å². The minimum atomic E-state index is 0.208. The number of carbonyl (C=O) groups excluding carboxylic acids is 1. The standard InChI is InChI=1S/C13H12BrNO/c1-9(16)6-7-11-8-10-4-2-3-5-12(10)15-13(11)14/h2-5,8H,6-7H2,1H3. The molecule has 3 heteroatoms. The van der Waals surface area contributed by atoms with Gasteiger partial charge in [0.1, 0.15) is 10.4 Å². The SMILES string of the molecule is CC(=O)CCc1cc2ccccc2nc1Br. The number of aryl methyl sites for hydroxylation is 1. The Morgan fingerprint density at radius 1 is 1.38 bits per heavy atom. The van der Waals surface area contributed by atoms with Gasteiger partial charge in [-0.1, -0.05) is 18.2 Å². The first-order valence-electron chi connectivity index (χ1n) is 5.20. The second kappa shape index (κ2) is 4.74. The molecule has 0 unspecified atom stereocenters. The summed E-state index contributed by atoms with van der Waals surface area (Å²) in [5.74, 6) is 0.208. The molecule has 0 N–H and O–H groups in total. The van der Waals surface area contributed by atoms with Crippen molar-refractivity contribution in [1.82, 2.24) is 4.98 Å². The van der Waals surface area contributed by atoms with E-state index in [0.717, 1.165) is 27.5 Å². The lowest BCUT2D eigenvalue weighted by Crippen LogP contribution is -1.96. The van der Waals surface area contributed by atoms with Gasteiger partial charge in [-0.05, 0) is 47.0 Å². The van der Waals surface area contributed by atoms with Crippen molar-refractivity contribution >= 4 is 32.6 Å². The average molecular weight is 278 g/mol. The second-order valence-electron chi connectivity index (χ2n) is 3.83. The van der Waals surface area contributed by atoms with Crippen LogP contribution in [-0.4, -0.2) is 10.8 Å². The van der Waals surface area contributed by atoms with Crippen LogP contribution < -0.4 is 0 Å². The van der Waals surface area contributed by atoms with Gasteiger partial charge < -0.3 is 4.79 Å². The summed E-state index contributed by atoms with van der Waals surface area (Å²) < 4.78 is 0.840. The van der Waals surface area contributed by atoms with Crippen molar-refractivity contribution in [2.45, 2.75) is 19.8 Å². The van der Waals surface area contributed by atoms with Crippen molar-refractivity contribution < 1.29 is 4.79 Å². The minimum absolute atomic E-state index is 0.208. The molecule has 1 heterocycles. The van der Waals surface area contributed by atoms with Gasteiger partial charge in [0.15, 0.2) is 0 Å². The topological polar surface area (TPSA) is 30.0 Å². The molecule has 0 atom stereocenters. The van der Waals surface area contributed by atoms with E-state index in [4.69, 9.17) is 0 Å². The van der Waals surface area contributed by atoms with E-state index in [1.807, 2.05) is 24.3 Å². The quantitative estimate of drug-likeness (QED) is 0.804. The summed E-state index contributed by atoms with van der Waals surface area (Å²) in [6, 6.07) is 10.1. The molecule has 0 aliphatic rings. The predicted octanol–water partition coefficient (Wildman–Crippen LogP) is 3.52. The zero-order valence-corrected chi connectivity index (χ0v) is 10.6. The highest BCUT2D eigenvalue weighted by molar-refractivity contribution is 9.10. The lowest BCUT2D eigenvalue weighted by Gasteiger charge is -2.05. The Bertz CT molecular complexity index is 536. The molecule has 1 aromatic heterocycles. The van der Waals surface area contributed by atoms with Crippen LogP contribution in [0.3, 0.4) is 0 Å². The molecule has 0 spiro atoms. The molecule has 0 amide bonds. The third kappa shape index (κ3) is 2.47. The summed E-state index contributed by atoms with van der Waals surface area (Å²) in [6.07, 6.45) is 1.31. The number of fused-ring (bicyclic) bond motifs is 1. The number of para-hydroxylation sites is 1. The number of rotatable bonds is 3. The molecule has 2 rings (SSSR count). The van der Waals surface area contributed by atoms with Gasteiger partial charge in [-0.25, -0.2) is 4.98 Å². The fourth-order valence-corrected chi connectivity index (χ4v) is 2.13. The van der Waals surface area contributed by atoms with E-state index in [9.17, 15) is 4.79 Å². The van der Waals surface area contributed by atoms with E-state index in [1.54, 1.807) is 6.92 Å². The van der Waals surface area contributed by atoms with Gasteiger partial charge in [-0.15, -0.1) is 0 Å². The fraction of sp³-hybridized carbons (Fsp3) is 0.231. The number of nitrogens with zero attached hydrogens (tertiary/aromatic N) is 1. The number of Topliss-reactive ketones (excluding diaryl/α,β-unsaturated/α-hetero) is 1. The van der Waals surface area contributed by atoms with Crippen molar-refractivity contribution in [3.63, 3.8) is 0 Å². The highest BCUT2D eigenvalue weighted by atomic mass is 79.9. The fourth-order valence-electron chi connectivity index (χ4n) is 1.62. The molecule has 0 saturated heterocycles. The highest BCUT2D eigenvalue weighted by Crippen LogP contribution is 2.21. The van der Waals surface area contributed by atoms with Gasteiger partial charge in [0.05, 0.1) is 5.52 Å². The van der Waals surface area contributed by atoms with E-state index >= 15 is 0 Å². The van der Waals surface area contributed by atoms with E-state index in [2.05, 4.69) is 27.0 Å². The molecular formula is C13H12BrNO. The smallest absolute Gasteiger partial charge is 0.130 e. The molecule has 0 aliphatic carbocycles. The number of pyridine rings is 1. The summed E-state index contributed by atoms with van der Waals surface area (Å²) in [5, 5.41) is 1.12. The Labute approximate surface area is 103 Å². The van der Waals surface area contributed by atoms with Gasteiger partial charge in [-0.3, -0.25) is 0 Å². The van der Waals surface area contributed by atoms with Crippen molar-refractivity contribution in [3.8, 4) is 0 Å². The Kier molecular flexibility index (Phi) is 3.34. The summed E-state index contributed by atoms with van der Waals surface area (Å²) in [7, 11) is 0. The van der Waals surface area contributed by atoms with Crippen molar-refractivity contribution in [1.29, 1.82) is 0 Å². The van der Waals surface area contributed by atoms with Crippen LogP contribution in [0.15, 0.2) is 34.9 Å². The Morgan fingerprint density at radius 3 is 2.88 bits per heavy atom. The predicted molar refractivity (Wildman–Crippen MR) is 68.4 cm³/mol. The van der Waals surface area contributed by atoms with Crippen LogP contribution in [0.5, 0.6) is 0 Å². The summed E-state index contributed by atoms with van der Waals surface area (Å²) in [6.45, 7) is 1.61. The Hall–Kier alpha value is -1.22. The number of halogens is 1. The van der Waals surface area contributed by atoms with Gasteiger partial charge in [-0.2, -0.15) is 0 Å². The van der Waals surface area contributed by atoms with Crippen LogP contribution in [0.1, 0.15) is 18.9 Å². The van der Waals surface area contributed by atoms with Crippen molar-refractivity contribution in [2.75, 3.05) is 0 Å². The van der Waals surface area contributed by atoms with Gasteiger partial charge in [0.2, 0.25) is 0 Å². The number of hydrogen-bond donors (Lipinski definition) is 0. The first-order valence-corrected chi connectivity index (χ1v) is 6.00. The molecule has 0 saturated carbocycles. The average Bonchev–Trinajstić information content (AvgIpc) is 2.26. The monoisotopic (exact) mass is 277 g/mol. The number of benzene rings is 1. The molecule has 2 aromatic rings. The van der Waals surface area contributed by atoms with Crippen LogP contribution >= 0.6 is 15.9 Å². The van der Waals surface area contributed by atoms with Crippen LogP contribution in [0.25, 0.3) is 10.9 Å². The number of ketones is 1. The van der Waals surface area contributed by atoms with E-state index < -0.39 is 0 Å². The summed E-state index contributed by atoms with van der Waals surface area (Å²) in [5.41, 5.74) is 2.06. The molecule has 16 heavy (non-hydrogen) atoms. The first kappa shape index (κ1) is 11.3. The number of hydrogen-bond acceptors (Lipinski definition) is 2. The Balaban J connectivity index is 2.38. The van der Waals surface area contributed by atoms with E-state index in [0.29, 0.717) is 6.42 Å². The van der Waals surface area contributed by atoms with Crippen LogP contribution in [-0.2, 0) is 11.2 Å². The lowest BCUT2D eigenvalue weighted by molar-refractivity contribution is -0.116. The molecule has 0 radical (unpaired) electrons. The lowest BCUT2D eigenvalue weighted by atomic mass is 10.1. The van der Waals surface area contributed by atoms with Gasteiger partial charge in [0.25, 0.3) is 0 Å². The molecular weight excluding hydrogens is 266 g/mol.